The van der Waals surface area contributed by atoms with Crippen LogP contribution in [0.15, 0.2) is 35.2 Å². The molecule has 132 valence electrons. The van der Waals surface area contributed by atoms with Gasteiger partial charge in [-0.1, -0.05) is 30.3 Å². The fourth-order valence-corrected chi connectivity index (χ4v) is 5.17. The van der Waals surface area contributed by atoms with Crippen molar-refractivity contribution in [2.24, 2.45) is 0 Å². The number of amides is 3. The lowest BCUT2D eigenvalue weighted by molar-refractivity contribution is -0.129. The molecule has 9 heteroatoms. The van der Waals surface area contributed by atoms with Gasteiger partial charge < -0.3 is 5.32 Å². The summed E-state index contributed by atoms with van der Waals surface area (Å²) in [6.07, 6.45) is 1.95. The lowest BCUT2D eigenvalue weighted by atomic mass is 10.2. The number of hydrogen-bond acceptors (Lipinski definition) is 6. The summed E-state index contributed by atoms with van der Waals surface area (Å²) in [5.41, 5.74) is 0.786. The molecule has 0 aliphatic carbocycles. The predicted molar refractivity (Wildman–Crippen MR) is 94.3 cm³/mol. The van der Waals surface area contributed by atoms with Crippen LogP contribution in [0.25, 0.3) is 6.08 Å². The Morgan fingerprint density at radius 3 is 2.64 bits per heavy atom. The summed E-state index contributed by atoms with van der Waals surface area (Å²) in [6, 6.07) is 8.63. The first-order chi connectivity index (χ1) is 11.8. The molecular weight excluding hydrogens is 364 g/mol. The maximum atomic E-state index is 12.3. The van der Waals surface area contributed by atoms with Crippen molar-refractivity contribution in [2.45, 2.75) is 12.5 Å². The van der Waals surface area contributed by atoms with E-state index in [0.717, 1.165) is 22.2 Å². The van der Waals surface area contributed by atoms with E-state index in [1.807, 2.05) is 18.2 Å². The highest BCUT2D eigenvalue weighted by Gasteiger charge is 2.37. The Morgan fingerprint density at radius 2 is 2.00 bits per heavy atom. The topological polar surface area (TPSA) is 101 Å². The van der Waals surface area contributed by atoms with Crippen LogP contribution in [0.2, 0.25) is 0 Å². The summed E-state index contributed by atoms with van der Waals surface area (Å²) in [5.74, 6) is -1.12. The number of thioether (sulfide) groups is 1. The molecule has 2 fully saturated rings. The summed E-state index contributed by atoms with van der Waals surface area (Å²) >= 11 is 0.784. The highest BCUT2D eigenvalue weighted by molar-refractivity contribution is 8.18. The molecule has 0 spiro atoms. The number of carbonyl (C=O) groups is 3. The average Bonchev–Trinajstić information content (AvgIpc) is 3.02. The van der Waals surface area contributed by atoms with E-state index in [9.17, 15) is 22.8 Å². The van der Waals surface area contributed by atoms with Crippen molar-refractivity contribution in [1.82, 2.24) is 10.2 Å². The summed E-state index contributed by atoms with van der Waals surface area (Å²) in [7, 11) is -3.11. The number of carbonyl (C=O) groups excluding carboxylic acids is 3. The van der Waals surface area contributed by atoms with Crippen molar-refractivity contribution in [2.75, 3.05) is 18.1 Å². The second-order valence-electron chi connectivity index (χ2n) is 5.85. The summed E-state index contributed by atoms with van der Waals surface area (Å²) in [6.45, 7) is -0.409. The van der Waals surface area contributed by atoms with E-state index in [1.54, 1.807) is 18.2 Å². The Kier molecular flexibility index (Phi) is 4.96. The first-order valence-electron chi connectivity index (χ1n) is 7.64. The van der Waals surface area contributed by atoms with E-state index >= 15 is 0 Å². The number of sulfone groups is 1. The minimum absolute atomic E-state index is 0.0410. The molecule has 1 N–H and O–H groups in total. The molecule has 1 aromatic rings. The van der Waals surface area contributed by atoms with Gasteiger partial charge in [-0.3, -0.25) is 19.3 Å². The van der Waals surface area contributed by atoms with Crippen LogP contribution in [0.4, 0.5) is 4.79 Å². The Balaban J connectivity index is 1.63. The van der Waals surface area contributed by atoms with Crippen molar-refractivity contribution < 1.29 is 22.8 Å². The van der Waals surface area contributed by atoms with Crippen LogP contribution in [-0.4, -0.2) is 54.5 Å². The zero-order chi connectivity index (χ0) is 18.0. The summed E-state index contributed by atoms with van der Waals surface area (Å²) < 4.78 is 22.8. The number of nitrogens with zero attached hydrogens (tertiary/aromatic N) is 1. The van der Waals surface area contributed by atoms with Crippen LogP contribution in [0.1, 0.15) is 12.0 Å². The van der Waals surface area contributed by atoms with Crippen LogP contribution in [0.5, 0.6) is 0 Å². The van der Waals surface area contributed by atoms with Crippen LogP contribution >= 0.6 is 11.8 Å². The molecule has 25 heavy (non-hydrogen) atoms. The molecule has 1 atom stereocenters. The zero-order valence-electron chi connectivity index (χ0n) is 13.2. The molecule has 1 aromatic carbocycles. The van der Waals surface area contributed by atoms with Crippen molar-refractivity contribution in [3.05, 3.63) is 40.8 Å². The number of nitrogens with one attached hydrogen (secondary N) is 1. The molecule has 2 aliphatic rings. The predicted octanol–water partition coefficient (Wildman–Crippen LogP) is 1.03. The number of imide groups is 1. The van der Waals surface area contributed by atoms with Gasteiger partial charge in [-0.25, -0.2) is 8.42 Å². The van der Waals surface area contributed by atoms with Gasteiger partial charge >= 0.3 is 0 Å². The largest absolute Gasteiger partial charge is 0.351 e. The van der Waals surface area contributed by atoms with E-state index in [1.165, 1.54) is 0 Å². The fourth-order valence-electron chi connectivity index (χ4n) is 2.66. The molecule has 2 heterocycles. The molecule has 0 radical (unpaired) electrons. The summed E-state index contributed by atoms with van der Waals surface area (Å²) in [5, 5.41) is 2.06. The molecule has 2 aliphatic heterocycles. The normalized spacial score (nSPS) is 24.1. The molecule has 0 saturated carbocycles. The molecule has 7 nitrogen and oxygen atoms in total. The van der Waals surface area contributed by atoms with Gasteiger partial charge in [0.05, 0.1) is 16.4 Å². The minimum Gasteiger partial charge on any atom is -0.351 e. The number of hydrogen-bond donors (Lipinski definition) is 1. The standard InChI is InChI=1S/C16H16N2O5S2/c19-14(17-12-6-7-25(22,23)10-12)9-18-15(20)13(24-16(18)21)8-11-4-2-1-3-5-11/h1-5,8,12H,6-7,9-10H2,(H,17,19)/b13-8-/t12-/m1/s1. The SMILES string of the molecule is O=C(CN1C(=O)S/C(=C\c2ccccc2)C1=O)N[C@@H]1CCS(=O)(=O)C1. The van der Waals surface area contributed by atoms with Crippen molar-refractivity contribution in [3.63, 3.8) is 0 Å². The molecule has 3 rings (SSSR count). The van der Waals surface area contributed by atoms with Crippen LogP contribution in [-0.2, 0) is 19.4 Å². The zero-order valence-corrected chi connectivity index (χ0v) is 14.8. The Morgan fingerprint density at radius 1 is 1.28 bits per heavy atom. The lowest BCUT2D eigenvalue weighted by Crippen LogP contribution is -2.43. The maximum Gasteiger partial charge on any atom is 0.294 e. The number of rotatable bonds is 4. The molecule has 0 aromatic heterocycles. The van der Waals surface area contributed by atoms with E-state index in [-0.39, 0.29) is 16.4 Å². The van der Waals surface area contributed by atoms with Gasteiger partial charge in [0.2, 0.25) is 5.91 Å². The third-order valence-electron chi connectivity index (χ3n) is 3.87. The lowest BCUT2D eigenvalue weighted by Gasteiger charge is -2.15. The Labute approximate surface area is 149 Å². The van der Waals surface area contributed by atoms with E-state index in [0.29, 0.717) is 6.42 Å². The smallest absolute Gasteiger partial charge is 0.294 e. The molecule has 3 amide bonds. The van der Waals surface area contributed by atoms with Gasteiger partial charge in [0.25, 0.3) is 11.1 Å². The van der Waals surface area contributed by atoms with Crippen molar-refractivity contribution >= 4 is 44.7 Å². The van der Waals surface area contributed by atoms with Gasteiger partial charge in [-0.15, -0.1) is 0 Å². The highest BCUT2D eigenvalue weighted by atomic mass is 32.2. The summed E-state index contributed by atoms with van der Waals surface area (Å²) in [4.78, 5) is 37.5. The second-order valence-corrected chi connectivity index (χ2v) is 9.07. The van der Waals surface area contributed by atoms with Gasteiger partial charge in [0, 0.05) is 6.04 Å². The van der Waals surface area contributed by atoms with Crippen LogP contribution < -0.4 is 5.32 Å². The van der Waals surface area contributed by atoms with Gasteiger partial charge in [0.15, 0.2) is 9.84 Å². The monoisotopic (exact) mass is 380 g/mol. The Bertz CT molecular complexity index is 849. The number of benzene rings is 1. The maximum absolute atomic E-state index is 12.3. The van der Waals surface area contributed by atoms with Crippen molar-refractivity contribution in [3.8, 4) is 0 Å². The molecule has 0 unspecified atom stereocenters. The Hall–Kier alpha value is -2.13. The molecule has 0 bridgehead atoms. The first kappa shape index (κ1) is 17.7. The van der Waals surface area contributed by atoms with Crippen molar-refractivity contribution in [1.29, 1.82) is 0 Å². The molecule has 2 saturated heterocycles. The minimum atomic E-state index is -3.11. The molecular formula is C16H16N2O5S2. The first-order valence-corrected chi connectivity index (χ1v) is 10.3. The fraction of sp³-hybridized carbons (Fsp3) is 0.312. The van der Waals surface area contributed by atoms with E-state index < -0.39 is 39.5 Å². The second kappa shape index (κ2) is 7.01. The highest BCUT2D eigenvalue weighted by Crippen LogP contribution is 2.31. The van der Waals surface area contributed by atoms with Gasteiger partial charge in [-0.2, -0.15) is 0 Å². The van der Waals surface area contributed by atoms with Crippen LogP contribution in [0.3, 0.4) is 0 Å². The third kappa shape index (κ3) is 4.29. The van der Waals surface area contributed by atoms with Gasteiger partial charge in [-0.05, 0) is 29.8 Å². The van der Waals surface area contributed by atoms with Crippen LogP contribution in [0, 0.1) is 0 Å². The quantitative estimate of drug-likeness (QED) is 0.783. The average molecular weight is 380 g/mol. The van der Waals surface area contributed by atoms with E-state index in [4.69, 9.17) is 0 Å². The van der Waals surface area contributed by atoms with Gasteiger partial charge in [0.1, 0.15) is 6.54 Å². The van der Waals surface area contributed by atoms with E-state index in [2.05, 4.69) is 5.32 Å². The third-order valence-corrected chi connectivity index (χ3v) is 6.55.